The summed E-state index contributed by atoms with van der Waals surface area (Å²) in [6.07, 6.45) is 0. The normalized spacial score (nSPS) is 8.57. The van der Waals surface area contributed by atoms with Gasteiger partial charge >= 0.3 is 59.1 Å². The third-order valence-electron chi connectivity index (χ3n) is 0. The Kier molecular flexibility index (Phi) is 13.9. The van der Waals surface area contributed by atoms with Crippen LogP contribution in [0.5, 0.6) is 0 Å². The van der Waals surface area contributed by atoms with Gasteiger partial charge in [-0.15, -0.1) is 5.60 Å². The molecule has 0 amide bonds. The van der Waals surface area contributed by atoms with Crippen LogP contribution in [-0.4, -0.2) is 5.60 Å². The van der Waals surface area contributed by atoms with E-state index >= 15 is 0 Å². The van der Waals surface area contributed by atoms with Gasteiger partial charge in [-0.25, -0.2) is 0 Å². The van der Waals surface area contributed by atoms with E-state index in [1.54, 1.807) is 20.8 Å². The molecule has 0 bridgehead atoms. The summed E-state index contributed by atoms with van der Waals surface area (Å²) in [5.41, 5.74) is -0.750. The SMILES string of the molecule is CC(C)(C)[O-].[H-].[Na+].[Na+]. The molecule has 0 radical (unpaired) electrons. The zero-order chi connectivity index (χ0) is 4.50. The molecule has 34 valence electrons. The van der Waals surface area contributed by atoms with Gasteiger partial charge in [-0.05, 0) is 0 Å². The van der Waals surface area contributed by atoms with Crippen molar-refractivity contribution in [1.82, 2.24) is 0 Å². The van der Waals surface area contributed by atoms with Crippen molar-refractivity contribution < 1.29 is 65.6 Å². The molecule has 0 aromatic heterocycles. The summed E-state index contributed by atoms with van der Waals surface area (Å²) in [5, 5.41) is 10.1. The predicted molar refractivity (Wildman–Crippen MR) is 20.9 cm³/mol. The van der Waals surface area contributed by atoms with Gasteiger partial charge in [-0.2, -0.15) is 0 Å². The molecule has 3 heteroatoms. The van der Waals surface area contributed by atoms with Crippen molar-refractivity contribution in [2.24, 2.45) is 0 Å². The molecule has 0 aromatic rings. The minimum atomic E-state index is -0.750. The first kappa shape index (κ1) is 16.0. The molecule has 0 heterocycles. The summed E-state index contributed by atoms with van der Waals surface area (Å²) in [5.74, 6) is 0. The van der Waals surface area contributed by atoms with Crippen molar-refractivity contribution in [2.75, 3.05) is 0 Å². The predicted octanol–water partition coefficient (Wildman–Crippen LogP) is -5.73. The number of hydrogen-bond donors (Lipinski definition) is 0. The molecule has 0 fully saturated rings. The molecule has 1 nitrogen and oxygen atoms in total. The Morgan fingerprint density at radius 3 is 1.14 bits per heavy atom. The van der Waals surface area contributed by atoms with Crippen LogP contribution in [0, 0.1) is 0 Å². The van der Waals surface area contributed by atoms with Gasteiger partial charge in [-0.1, -0.05) is 20.8 Å². The largest absolute Gasteiger partial charge is 1.00 e. The third-order valence-corrected chi connectivity index (χ3v) is 0. The van der Waals surface area contributed by atoms with Crippen LogP contribution in [-0.2, 0) is 0 Å². The van der Waals surface area contributed by atoms with E-state index in [1.165, 1.54) is 0 Å². The molecule has 0 atom stereocenters. The van der Waals surface area contributed by atoms with E-state index in [0.29, 0.717) is 0 Å². The molecular formula is C4H10Na2O. The maximum atomic E-state index is 10.1. The third kappa shape index (κ3) is 73.6. The Labute approximate surface area is 90.9 Å². The Hall–Kier alpha value is 1.96. The van der Waals surface area contributed by atoms with Gasteiger partial charge < -0.3 is 6.53 Å². The maximum absolute atomic E-state index is 10.1. The van der Waals surface area contributed by atoms with Crippen molar-refractivity contribution in [3.05, 3.63) is 0 Å². The zero-order valence-corrected chi connectivity index (χ0v) is 9.91. The molecule has 0 saturated carbocycles. The minimum absolute atomic E-state index is 0. The van der Waals surface area contributed by atoms with Crippen molar-refractivity contribution in [1.29, 1.82) is 0 Å². The summed E-state index contributed by atoms with van der Waals surface area (Å²) in [6, 6.07) is 0. The molecule has 0 aliphatic heterocycles. The van der Waals surface area contributed by atoms with E-state index in [1.807, 2.05) is 0 Å². The van der Waals surface area contributed by atoms with E-state index in [-0.39, 0.29) is 60.5 Å². The topological polar surface area (TPSA) is 23.1 Å². The van der Waals surface area contributed by atoms with E-state index in [2.05, 4.69) is 0 Å². The molecule has 0 aromatic carbocycles. The van der Waals surface area contributed by atoms with Gasteiger partial charge in [-0.3, -0.25) is 0 Å². The smallest absolute Gasteiger partial charge is 1.00 e. The second-order valence-electron chi connectivity index (χ2n) is 2.11. The van der Waals surface area contributed by atoms with E-state index in [0.717, 1.165) is 0 Å². The number of rotatable bonds is 0. The van der Waals surface area contributed by atoms with Crippen molar-refractivity contribution in [3.8, 4) is 0 Å². The second-order valence-corrected chi connectivity index (χ2v) is 2.11. The number of hydrogen-bond acceptors (Lipinski definition) is 1. The second kappa shape index (κ2) is 6.09. The molecule has 0 rings (SSSR count). The van der Waals surface area contributed by atoms with Gasteiger partial charge in [0.25, 0.3) is 0 Å². The summed E-state index contributed by atoms with van der Waals surface area (Å²) in [7, 11) is 0. The monoisotopic (exact) mass is 120 g/mol. The fourth-order valence-corrected chi connectivity index (χ4v) is 0. The van der Waals surface area contributed by atoms with Crippen LogP contribution in [0.2, 0.25) is 0 Å². The average Bonchev–Trinajstić information content (AvgIpc) is 0.722. The fraction of sp³-hybridized carbons (Fsp3) is 1.00. The molecular weight excluding hydrogens is 110 g/mol. The van der Waals surface area contributed by atoms with Gasteiger partial charge in [0, 0.05) is 0 Å². The van der Waals surface area contributed by atoms with Crippen LogP contribution in [0.15, 0.2) is 0 Å². The summed E-state index contributed by atoms with van der Waals surface area (Å²) in [4.78, 5) is 0. The molecule has 0 aliphatic rings. The zero-order valence-electron chi connectivity index (χ0n) is 6.91. The molecule has 0 spiro atoms. The van der Waals surface area contributed by atoms with Crippen molar-refractivity contribution in [3.63, 3.8) is 0 Å². The Balaban J connectivity index is -0.0000000267. The first-order valence-corrected chi connectivity index (χ1v) is 1.70. The van der Waals surface area contributed by atoms with E-state index in [9.17, 15) is 5.11 Å². The van der Waals surface area contributed by atoms with Gasteiger partial charge in [0.05, 0.1) is 0 Å². The van der Waals surface area contributed by atoms with Crippen molar-refractivity contribution in [2.45, 2.75) is 26.4 Å². The Morgan fingerprint density at radius 1 is 1.14 bits per heavy atom. The van der Waals surface area contributed by atoms with Crippen LogP contribution in [0.25, 0.3) is 0 Å². The summed E-state index contributed by atoms with van der Waals surface area (Å²) in [6.45, 7) is 4.90. The van der Waals surface area contributed by atoms with E-state index < -0.39 is 5.60 Å². The maximum Gasteiger partial charge on any atom is 1.00 e. The standard InChI is InChI=1S/C4H9O.2Na.H/c1-4(2,3)5;;;/h1-3H3;;;/q-1;2*+1;-1. The van der Waals surface area contributed by atoms with Crippen LogP contribution in [0.3, 0.4) is 0 Å². The molecule has 0 unspecified atom stereocenters. The Morgan fingerprint density at radius 2 is 1.14 bits per heavy atom. The quantitative estimate of drug-likeness (QED) is 0.292. The first-order valence-electron chi connectivity index (χ1n) is 1.70. The fourth-order valence-electron chi connectivity index (χ4n) is 0. The van der Waals surface area contributed by atoms with Gasteiger partial charge in [0.1, 0.15) is 0 Å². The molecule has 7 heavy (non-hydrogen) atoms. The van der Waals surface area contributed by atoms with Crippen LogP contribution >= 0.6 is 0 Å². The first-order chi connectivity index (χ1) is 2.00. The molecule has 0 N–H and O–H groups in total. The Bertz CT molecular complexity index is 29.5. The molecule has 0 aliphatic carbocycles. The van der Waals surface area contributed by atoms with Gasteiger partial charge in [0.2, 0.25) is 0 Å². The van der Waals surface area contributed by atoms with Crippen LogP contribution in [0.4, 0.5) is 0 Å². The van der Waals surface area contributed by atoms with E-state index in [4.69, 9.17) is 0 Å². The average molecular weight is 120 g/mol. The summed E-state index contributed by atoms with van der Waals surface area (Å²) < 4.78 is 0. The van der Waals surface area contributed by atoms with Crippen LogP contribution < -0.4 is 64.2 Å². The van der Waals surface area contributed by atoms with Crippen LogP contribution in [0.1, 0.15) is 22.2 Å². The minimum Gasteiger partial charge on any atom is -1.00 e. The van der Waals surface area contributed by atoms with Gasteiger partial charge in [0.15, 0.2) is 0 Å². The molecule has 0 saturated heterocycles. The van der Waals surface area contributed by atoms with Crippen molar-refractivity contribution >= 4 is 0 Å². The summed E-state index contributed by atoms with van der Waals surface area (Å²) >= 11 is 0.